The van der Waals surface area contributed by atoms with E-state index >= 15 is 0 Å². The van der Waals surface area contributed by atoms with Crippen molar-refractivity contribution in [1.82, 2.24) is 5.32 Å². The molecule has 0 aliphatic heterocycles. The second-order valence-electron chi connectivity index (χ2n) is 4.04. The largest absolute Gasteiger partial charge is 0.460 e. The van der Waals surface area contributed by atoms with Gasteiger partial charge in [0.15, 0.2) is 0 Å². The Kier molecular flexibility index (Phi) is 4.55. The van der Waals surface area contributed by atoms with Gasteiger partial charge < -0.3 is 9.73 Å². The molecule has 96 valence electrons. The maximum Gasteiger partial charge on any atom is 0.148 e. The molecule has 1 aromatic carbocycles. The third-order valence-corrected chi connectivity index (χ3v) is 3.22. The van der Waals surface area contributed by atoms with Crippen LogP contribution in [0.5, 0.6) is 0 Å². The molecule has 2 aromatic rings. The average Bonchev–Trinajstić information content (AvgIpc) is 2.82. The van der Waals surface area contributed by atoms with Crippen molar-refractivity contribution in [2.75, 3.05) is 6.54 Å². The lowest BCUT2D eigenvalue weighted by molar-refractivity contribution is 0.490. The maximum atomic E-state index is 13.9. The van der Waals surface area contributed by atoms with E-state index in [0.717, 1.165) is 18.7 Å². The van der Waals surface area contributed by atoms with Crippen LogP contribution in [0.4, 0.5) is 4.39 Å². The van der Waals surface area contributed by atoms with E-state index in [4.69, 9.17) is 4.42 Å². The van der Waals surface area contributed by atoms with Gasteiger partial charge in [0.2, 0.25) is 0 Å². The van der Waals surface area contributed by atoms with Crippen LogP contribution in [-0.4, -0.2) is 6.54 Å². The summed E-state index contributed by atoms with van der Waals surface area (Å²) in [6.45, 7) is 3.72. The van der Waals surface area contributed by atoms with Gasteiger partial charge in [-0.05, 0) is 53.2 Å². The molecule has 0 bridgehead atoms. The highest BCUT2D eigenvalue weighted by Crippen LogP contribution is 2.29. The molecule has 1 heterocycles. The van der Waals surface area contributed by atoms with Crippen molar-refractivity contribution in [1.29, 1.82) is 0 Å². The first-order chi connectivity index (χ1) is 8.72. The molecule has 0 aliphatic carbocycles. The summed E-state index contributed by atoms with van der Waals surface area (Å²) in [7, 11) is 0. The molecule has 0 aliphatic rings. The molecule has 0 radical (unpaired) electrons. The monoisotopic (exact) mass is 311 g/mol. The van der Waals surface area contributed by atoms with E-state index in [0.29, 0.717) is 22.3 Å². The molecule has 4 heteroatoms. The Morgan fingerprint density at radius 1 is 1.28 bits per heavy atom. The predicted octanol–water partition coefficient (Wildman–Crippen LogP) is 4.35. The summed E-state index contributed by atoms with van der Waals surface area (Å²) in [5.41, 5.74) is 0.478. The molecule has 0 saturated heterocycles. The van der Waals surface area contributed by atoms with Crippen LogP contribution in [-0.2, 0) is 6.54 Å². The Morgan fingerprint density at radius 3 is 2.89 bits per heavy atom. The summed E-state index contributed by atoms with van der Waals surface area (Å²) in [6, 6.07) is 8.85. The summed E-state index contributed by atoms with van der Waals surface area (Å²) in [5.74, 6) is 1.08. The zero-order valence-corrected chi connectivity index (χ0v) is 11.8. The third kappa shape index (κ3) is 3.00. The maximum absolute atomic E-state index is 13.9. The minimum Gasteiger partial charge on any atom is -0.460 e. The molecule has 2 nitrogen and oxygen atoms in total. The van der Waals surface area contributed by atoms with Crippen LogP contribution in [0.25, 0.3) is 11.3 Å². The molecule has 0 saturated carbocycles. The van der Waals surface area contributed by atoms with Gasteiger partial charge in [-0.3, -0.25) is 0 Å². The Bertz CT molecular complexity index is 524. The summed E-state index contributed by atoms with van der Waals surface area (Å²) in [5, 5.41) is 3.25. The van der Waals surface area contributed by atoms with Crippen LogP contribution in [0.2, 0.25) is 0 Å². The number of furan rings is 1. The van der Waals surface area contributed by atoms with Crippen molar-refractivity contribution in [2.24, 2.45) is 0 Å². The Morgan fingerprint density at radius 2 is 2.11 bits per heavy atom. The van der Waals surface area contributed by atoms with Gasteiger partial charge in [-0.1, -0.05) is 13.0 Å². The molecule has 0 atom stereocenters. The fourth-order valence-corrected chi connectivity index (χ4v) is 2.07. The average molecular weight is 312 g/mol. The second-order valence-corrected chi connectivity index (χ2v) is 4.90. The highest BCUT2D eigenvalue weighted by Gasteiger charge is 2.11. The van der Waals surface area contributed by atoms with Gasteiger partial charge in [0.1, 0.15) is 17.3 Å². The van der Waals surface area contributed by atoms with Gasteiger partial charge in [-0.15, -0.1) is 0 Å². The third-order valence-electron chi connectivity index (χ3n) is 2.60. The number of halogens is 2. The molecular weight excluding hydrogens is 297 g/mol. The summed E-state index contributed by atoms with van der Waals surface area (Å²) in [6.07, 6.45) is 1.08. The predicted molar refractivity (Wildman–Crippen MR) is 73.8 cm³/mol. The van der Waals surface area contributed by atoms with Crippen LogP contribution in [0.1, 0.15) is 19.1 Å². The van der Waals surface area contributed by atoms with Gasteiger partial charge in [-0.25, -0.2) is 4.39 Å². The lowest BCUT2D eigenvalue weighted by atomic mass is 10.1. The molecule has 0 spiro atoms. The molecule has 18 heavy (non-hydrogen) atoms. The standard InChI is InChI=1S/C14H15BrFNO/c1-2-8-17-9-10-6-7-13(18-10)11-4-3-5-12(15)14(11)16/h3-7,17H,2,8-9H2,1H3. The van der Waals surface area contributed by atoms with E-state index in [2.05, 4.69) is 28.2 Å². The van der Waals surface area contributed by atoms with E-state index in [1.807, 2.05) is 6.07 Å². The van der Waals surface area contributed by atoms with Crippen molar-refractivity contribution in [2.45, 2.75) is 19.9 Å². The smallest absolute Gasteiger partial charge is 0.148 e. The minimum atomic E-state index is -0.292. The molecule has 0 fully saturated rings. The van der Waals surface area contributed by atoms with Gasteiger partial charge in [0.05, 0.1) is 16.6 Å². The van der Waals surface area contributed by atoms with Crippen LogP contribution in [0, 0.1) is 5.82 Å². The molecule has 0 unspecified atom stereocenters. The Balaban J connectivity index is 2.16. The SMILES string of the molecule is CCCNCc1ccc(-c2cccc(Br)c2F)o1. The van der Waals surface area contributed by atoms with E-state index in [-0.39, 0.29) is 5.82 Å². The van der Waals surface area contributed by atoms with E-state index in [1.54, 1.807) is 24.3 Å². The van der Waals surface area contributed by atoms with Crippen molar-refractivity contribution >= 4 is 15.9 Å². The number of hydrogen-bond donors (Lipinski definition) is 1. The summed E-state index contributed by atoms with van der Waals surface area (Å²) in [4.78, 5) is 0. The number of rotatable bonds is 5. The fourth-order valence-electron chi connectivity index (χ4n) is 1.70. The molecular formula is C14H15BrFNO. The number of benzene rings is 1. The Hall–Kier alpha value is -1.13. The van der Waals surface area contributed by atoms with E-state index in [1.165, 1.54) is 0 Å². The van der Waals surface area contributed by atoms with Crippen LogP contribution < -0.4 is 5.32 Å². The van der Waals surface area contributed by atoms with Gasteiger partial charge in [0, 0.05) is 0 Å². The van der Waals surface area contributed by atoms with Crippen LogP contribution in [0.3, 0.4) is 0 Å². The quantitative estimate of drug-likeness (QED) is 0.831. The Labute approximate surface area is 114 Å². The van der Waals surface area contributed by atoms with Gasteiger partial charge in [0.25, 0.3) is 0 Å². The topological polar surface area (TPSA) is 25.2 Å². The summed E-state index contributed by atoms with van der Waals surface area (Å²) < 4.78 is 20.0. The second kappa shape index (κ2) is 6.16. The van der Waals surface area contributed by atoms with E-state index < -0.39 is 0 Å². The van der Waals surface area contributed by atoms with Gasteiger partial charge >= 0.3 is 0 Å². The normalized spacial score (nSPS) is 10.8. The zero-order valence-electron chi connectivity index (χ0n) is 10.2. The first-order valence-electron chi connectivity index (χ1n) is 5.96. The van der Waals surface area contributed by atoms with Crippen molar-refractivity contribution in [3.63, 3.8) is 0 Å². The van der Waals surface area contributed by atoms with Crippen LogP contribution in [0.15, 0.2) is 39.2 Å². The highest BCUT2D eigenvalue weighted by molar-refractivity contribution is 9.10. The highest BCUT2D eigenvalue weighted by atomic mass is 79.9. The van der Waals surface area contributed by atoms with E-state index in [9.17, 15) is 4.39 Å². The van der Waals surface area contributed by atoms with Crippen molar-refractivity contribution < 1.29 is 8.81 Å². The zero-order chi connectivity index (χ0) is 13.0. The molecule has 1 aromatic heterocycles. The first kappa shape index (κ1) is 13.3. The number of nitrogens with one attached hydrogen (secondary N) is 1. The number of hydrogen-bond acceptors (Lipinski definition) is 2. The first-order valence-corrected chi connectivity index (χ1v) is 6.75. The van der Waals surface area contributed by atoms with Crippen molar-refractivity contribution in [3.05, 3.63) is 46.4 Å². The van der Waals surface area contributed by atoms with Crippen molar-refractivity contribution in [3.8, 4) is 11.3 Å². The minimum absolute atomic E-state index is 0.292. The molecule has 0 amide bonds. The van der Waals surface area contributed by atoms with Crippen LogP contribution >= 0.6 is 15.9 Å². The lowest BCUT2D eigenvalue weighted by Gasteiger charge is -2.02. The fraction of sp³-hybridized carbons (Fsp3) is 0.286. The van der Waals surface area contributed by atoms with Gasteiger partial charge in [-0.2, -0.15) is 0 Å². The molecule has 2 rings (SSSR count). The molecule has 1 N–H and O–H groups in total. The lowest BCUT2D eigenvalue weighted by Crippen LogP contribution is -2.12. The summed E-state index contributed by atoms with van der Waals surface area (Å²) >= 11 is 3.17.